The molecule has 2 nitrogen and oxygen atoms in total. The van der Waals surface area contributed by atoms with E-state index in [-0.39, 0.29) is 5.60 Å². The van der Waals surface area contributed by atoms with Crippen molar-refractivity contribution < 1.29 is 4.74 Å². The molecule has 1 aliphatic carbocycles. The summed E-state index contributed by atoms with van der Waals surface area (Å²) < 4.78 is 6.28. The van der Waals surface area contributed by atoms with Gasteiger partial charge in [-0.1, -0.05) is 32.6 Å². The van der Waals surface area contributed by atoms with E-state index < -0.39 is 0 Å². The van der Waals surface area contributed by atoms with Crippen molar-refractivity contribution in [2.75, 3.05) is 18.9 Å². The van der Waals surface area contributed by atoms with Gasteiger partial charge in [0.15, 0.2) is 0 Å². The maximum atomic E-state index is 6.28. The summed E-state index contributed by atoms with van der Waals surface area (Å²) in [6, 6.07) is 0.615. The quantitative estimate of drug-likeness (QED) is 0.820. The Morgan fingerprint density at radius 2 is 2.18 bits per heavy atom. The van der Waals surface area contributed by atoms with Gasteiger partial charge in [0.2, 0.25) is 0 Å². The molecular weight excluding hydrogens is 230 g/mol. The second-order valence-electron chi connectivity index (χ2n) is 5.96. The molecule has 0 aromatic rings. The molecule has 3 atom stereocenters. The molecule has 2 aliphatic heterocycles. The van der Waals surface area contributed by atoms with Crippen molar-refractivity contribution in [1.29, 1.82) is 0 Å². The van der Waals surface area contributed by atoms with Gasteiger partial charge in [-0.2, -0.15) is 11.8 Å². The normalized spacial score (nSPS) is 43.6. The molecule has 0 amide bonds. The largest absolute Gasteiger partial charge is 0.371 e. The summed E-state index contributed by atoms with van der Waals surface area (Å²) in [4.78, 5) is 0. The van der Waals surface area contributed by atoms with Gasteiger partial charge in [0, 0.05) is 17.8 Å². The fourth-order valence-corrected chi connectivity index (χ4v) is 5.42. The lowest BCUT2D eigenvalue weighted by atomic mass is 9.81. The highest BCUT2D eigenvalue weighted by Crippen LogP contribution is 2.44. The van der Waals surface area contributed by atoms with E-state index in [2.05, 4.69) is 24.0 Å². The van der Waals surface area contributed by atoms with Gasteiger partial charge in [-0.05, 0) is 24.5 Å². The van der Waals surface area contributed by atoms with Crippen molar-refractivity contribution in [3.8, 4) is 0 Å². The lowest BCUT2D eigenvalue weighted by molar-refractivity contribution is -0.0971. The Balaban J connectivity index is 1.70. The van der Waals surface area contributed by atoms with Crippen LogP contribution in [-0.4, -0.2) is 35.8 Å². The Kier molecular flexibility index (Phi) is 3.69. The van der Waals surface area contributed by atoms with Gasteiger partial charge in [-0.3, -0.25) is 0 Å². The van der Waals surface area contributed by atoms with Crippen molar-refractivity contribution in [2.45, 2.75) is 62.3 Å². The van der Waals surface area contributed by atoms with Gasteiger partial charge in [-0.15, -0.1) is 0 Å². The maximum absolute atomic E-state index is 6.28. The standard InChI is InChI=1S/C14H25NOS/c1-11-14(6-9-17-11)13(15-7-8-16-14)10-12-4-2-3-5-12/h11-13,15H,2-10H2,1H3. The van der Waals surface area contributed by atoms with Gasteiger partial charge < -0.3 is 10.1 Å². The topological polar surface area (TPSA) is 21.3 Å². The minimum absolute atomic E-state index is 0.158. The van der Waals surface area contributed by atoms with Crippen LogP contribution in [0.1, 0.15) is 45.4 Å². The van der Waals surface area contributed by atoms with Crippen molar-refractivity contribution >= 4 is 11.8 Å². The van der Waals surface area contributed by atoms with Crippen LogP contribution in [0, 0.1) is 5.92 Å². The number of hydrogen-bond donors (Lipinski definition) is 1. The third kappa shape index (κ3) is 2.26. The van der Waals surface area contributed by atoms with E-state index in [9.17, 15) is 0 Å². The van der Waals surface area contributed by atoms with Crippen LogP contribution < -0.4 is 5.32 Å². The summed E-state index contributed by atoms with van der Waals surface area (Å²) in [5, 5.41) is 4.44. The summed E-state index contributed by atoms with van der Waals surface area (Å²) in [6.07, 6.45) is 8.42. The van der Waals surface area contributed by atoms with E-state index in [0.717, 1.165) is 19.1 Å². The van der Waals surface area contributed by atoms with E-state index in [4.69, 9.17) is 4.74 Å². The molecule has 3 fully saturated rings. The van der Waals surface area contributed by atoms with Gasteiger partial charge in [0.05, 0.1) is 12.2 Å². The first-order chi connectivity index (χ1) is 8.31. The summed E-state index contributed by atoms with van der Waals surface area (Å²) in [7, 11) is 0. The Hall–Kier alpha value is 0.270. The molecule has 3 heteroatoms. The highest BCUT2D eigenvalue weighted by molar-refractivity contribution is 8.00. The van der Waals surface area contributed by atoms with Gasteiger partial charge in [-0.25, -0.2) is 0 Å². The Morgan fingerprint density at radius 1 is 1.35 bits per heavy atom. The molecule has 0 radical (unpaired) electrons. The van der Waals surface area contributed by atoms with Crippen LogP contribution in [0.25, 0.3) is 0 Å². The lowest BCUT2D eigenvalue weighted by Gasteiger charge is -2.45. The molecule has 3 aliphatic rings. The zero-order valence-corrected chi connectivity index (χ0v) is 11.7. The van der Waals surface area contributed by atoms with Crippen LogP contribution in [0.2, 0.25) is 0 Å². The van der Waals surface area contributed by atoms with Crippen molar-refractivity contribution in [2.24, 2.45) is 5.92 Å². The maximum Gasteiger partial charge on any atom is 0.0958 e. The van der Waals surface area contributed by atoms with Crippen LogP contribution in [0.5, 0.6) is 0 Å². The molecule has 3 rings (SSSR count). The van der Waals surface area contributed by atoms with E-state index in [1.54, 1.807) is 0 Å². The summed E-state index contributed by atoms with van der Waals surface area (Å²) >= 11 is 2.10. The van der Waals surface area contributed by atoms with Crippen LogP contribution >= 0.6 is 11.8 Å². The third-order valence-corrected chi connectivity index (χ3v) is 6.38. The predicted molar refractivity (Wildman–Crippen MR) is 73.6 cm³/mol. The number of ether oxygens (including phenoxy) is 1. The van der Waals surface area contributed by atoms with Crippen LogP contribution in [0.15, 0.2) is 0 Å². The minimum atomic E-state index is 0.158. The highest BCUT2D eigenvalue weighted by Gasteiger charge is 2.50. The average molecular weight is 255 g/mol. The lowest BCUT2D eigenvalue weighted by Crippen LogP contribution is -2.61. The first-order valence-corrected chi connectivity index (χ1v) is 8.35. The second kappa shape index (κ2) is 5.10. The summed E-state index contributed by atoms with van der Waals surface area (Å²) in [5.41, 5.74) is 0.158. The number of hydrogen-bond acceptors (Lipinski definition) is 3. The molecule has 3 unspecified atom stereocenters. The molecule has 2 saturated heterocycles. The van der Waals surface area contributed by atoms with Gasteiger partial charge in [0.1, 0.15) is 0 Å². The SMILES string of the molecule is CC1SCCC12OCCNC2CC1CCCC1. The molecule has 1 N–H and O–H groups in total. The fourth-order valence-electron chi connectivity index (χ4n) is 4.00. The first kappa shape index (κ1) is 12.3. The molecule has 0 aromatic carbocycles. The van der Waals surface area contributed by atoms with E-state index in [1.165, 1.54) is 44.3 Å². The molecule has 1 spiro atoms. The molecule has 98 valence electrons. The zero-order chi connectivity index (χ0) is 11.7. The average Bonchev–Trinajstić information content (AvgIpc) is 2.94. The molecular formula is C14H25NOS. The van der Waals surface area contributed by atoms with Crippen molar-refractivity contribution in [3.05, 3.63) is 0 Å². The van der Waals surface area contributed by atoms with Crippen LogP contribution in [-0.2, 0) is 4.74 Å². The first-order valence-electron chi connectivity index (χ1n) is 7.30. The fraction of sp³-hybridized carbons (Fsp3) is 1.00. The van der Waals surface area contributed by atoms with Crippen LogP contribution in [0.4, 0.5) is 0 Å². The molecule has 1 saturated carbocycles. The monoisotopic (exact) mass is 255 g/mol. The molecule has 0 bridgehead atoms. The Bertz CT molecular complexity index is 267. The summed E-state index contributed by atoms with van der Waals surface area (Å²) in [5.74, 6) is 2.24. The van der Waals surface area contributed by atoms with E-state index in [0.29, 0.717) is 11.3 Å². The zero-order valence-electron chi connectivity index (χ0n) is 10.9. The number of nitrogens with one attached hydrogen (secondary N) is 1. The highest BCUT2D eigenvalue weighted by atomic mass is 32.2. The van der Waals surface area contributed by atoms with Crippen LogP contribution in [0.3, 0.4) is 0 Å². The molecule has 2 heterocycles. The van der Waals surface area contributed by atoms with Crippen molar-refractivity contribution in [3.63, 3.8) is 0 Å². The molecule has 17 heavy (non-hydrogen) atoms. The number of rotatable bonds is 2. The minimum Gasteiger partial charge on any atom is -0.371 e. The van der Waals surface area contributed by atoms with Gasteiger partial charge >= 0.3 is 0 Å². The molecule has 0 aromatic heterocycles. The van der Waals surface area contributed by atoms with Crippen molar-refractivity contribution in [1.82, 2.24) is 5.32 Å². The smallest absolute Gasteiger partial charge is 0.0958 e. The Labute approximate surface area is 109 Å². The summed E-state index contributed by atoms with van der Waals surface area (Å²) in [6.45, 7) is 4.33. The number of thioether (sulfide) groups is 1. The van der Waals surface area contributed by atoms with Gasteiger partial charge in [0.25, 0.3) is 0 Å². The third-order valence-electron chi connectivity index (χ3n) is 5.05. The number of morpholine rings is 1. The predicted octanol–water partition coefficient (Wildman–Crippen LogP) is 2.82. The second-order valence-corrected chi connectivity index (χ2v) is 7.41. The Morgan fingerprint density at radius 3 is 2.88 bits per heavy atom. The van der Waals surface area contributed by atoms with E-state index in [1.807, 2.05) is 0 Å². The van der Waals surface area contributed by atoms with E-state index >= 15 is 0 Å².